The van der Waals surface area contributed by atoms with Gasteiger partial charge in [0.1, 0.15) is 16.7 Å². The molecule has 2 bridgehead atoms. The molecule has 0 aliphatic heterocycles. The van der Waals surface area contributed by atoms with E-state index < -0.39 is 0 Å². The predicted octanol–water partition coefficient (Wildman–Crippen LogP) is 5.63. The van der Waals surface area contributed by atoms with Crippen LogP contribution in [-0.2, 0) is 0 Å². The zero-order valence-corrected chi connectivity index (χ0v) is 20.9. The smallest absolute Gasteiger partial charge is 0.197 e. The Labute approximate surface area is 203 Å². The van der Waals surface area contributed by atoms with Crippen molar-refractivity contribution in [1.29, 1.82) is 0 Å². The maximum absolute atomic E-state index is 5.60. The van der Waals surface area contributed by atoms with Gasteiger partial charge in [0.25, 0.3) is 0 Å². The zero-order valence-electron chi connectivity index (χ0n) is 20.1. The number of rotatable bonds is 6. The van der Waals surface area contributed by atoms with Crippen molar-refractivity contribution in [2.24, 2.45) is 5.92 Å². The lowest BCUT2D eigenvalue weighted by Gasteiger charge is -2.63. The van der Waals surface area contributed by atoms with E-state index >= 15 is 0 Å². The van der Waals surface area contributed by atoms with E-state index in [9.17, 15) is 0 Å². The minimum Gasteiger partial charge on any atom is -0.493 e. The topological polar surface area (TPSA) is 80.1 Å². The molecule has 4 aliphatic rings. The molecule has 8 rings (SSSR count). The lowest BCUT2D eigenvalue weighted by atomic mass is 9.49. The van der Waals surface area contributed by atoms with Gasteiger partial charge in [-0.2, -0.15) is 5.10 Å². The van der Waals surface area contributed by atoms with E-state index in [4.69, 9.17) is 9.72 Å². The minimum atomic E-state index is 0.351. The number of aromatic nitrogens is 5. The number of hydrogen-bond acceptors (Lipinski definition) is 6. The highest BCUT2D eigenvalue weighted by Gasteiger charge is 2.56. The van der Waals surface area contributed by atoms with Crippen LogP contribution in [0.25, 0.3) is 27.3 Å². The first-order chi connectivity index (χ1) is 16.5. The molecule has 0 amide bonds. The number of methoxy groups -OCH3 is 1. The second kappa shape index (κ2) is 7.52. The van der Waals surface area contributed by atoms with Gasteiger partial charge in [0.2, 0.25) is 0 Å². The van der Waals surface area contributed by atoms with E-state index in [1.165, 1.54) is 60.3 Å². The van der Waals surface area contributed by atoms with E-state index in [2.05, 4.69) is 34.2 Å². The first-order valence-electron chi connectivity index (χ1n) is 12.7. The fraction of sp³-hybridized carbons (Fsp3) is 0.577. The molecule has 34 heavy (non-hydrogen) atoms. The summed E-state index contributed by atoms with van der Waals surface area (Å²) in [6.45, 7) is 4.50. The Morgan fingerprint density at radius 2 is 2.00 bits per heavy atom. The summed E-state index contributed by atoms with van der Waals surface area (Å²) in [4.78, 5) is 14.4. The quantitative estimate of drug-likeness (QED) is 0.377. The van der Waals surface area contributed by atoms with Crippen molar-refractivity contribution in [1.82, 2.24) is 29.9 Å². The van der Waals surface area contributed by atoms with Crippen molar-refractivity contribution in [3.63, 3.8) is 0 Å². The Kier molecular flexibility index (Phi) is 4.62. The van der Waals surface area contributed by atoms with Crippen LogP contribution in [0.15, 0.2) is 18.6 Å². The molecule has 4 heterocycles. The monoisotopic (exact) mass is 476 g/mol. The molecular weight excluding hydrogens is 444 g/mol. The van der Waals surface area contributed by atoms with Gasteiger partial charge >= 0.3 is 0 Å². The number of nitrogens with one attached hydrogen (secondary N) is 2. The van der Waals surface area contributed by atoms with Gasteiger partial charge in [-0.15, -0.1) is 11.3 Å². The number of ether oxygens (including phenoxy) is 1. The molecule has 4 saturated carbocycles. The molecule has 4 fully saturated rings. The molecule has 0 aromatic carbocycles. The van der Waals surface area contributed by atoms with Crippen LogP contribution in [0.4, 0.5) is 0 Å². The third-order valence-electron chi connectivity index (χ3n) is 8.46. The Balaban J connectivity index is 1.17. The van der Waals surface area contributed by atoms with Crippen LogP contribution in [0, 0.1) is 5.92 Å². The van der Waals surface area contributed by atoms with Crippen LogP contribution in [0.1, 0.15) is 81.2 Å². The maximum Gasteiger partial charge on any atom is 0.197 e. The summed E-state index contributed by atoms with van der Waals surface area (Å²) in [6, 6.07) is 2.76. The van der Waals surface area contributed by atoms with Gasteiger partial charge in [0.05, 0.1) is 17.8 Å². The number of H-pyrrole nitrogens is 1. The van der Waals surface area contributed by atoms with Crippen molar-refractivity contribution < 1.29 is 4.74 Å². The standard InChI is InChI=1S/C26H32N6OS/c1-14(2)20-21(17-8-19(33-3)23-27-13-28-32(23)12-17)29-25-22(20)30-24(34-25)16-4-6-18(7-5-16)31-26-9-15(10-26)11-26/h8,12-16,18,29,31H,4-7,9-11H2,1-3H3. The van der Waals surface area contributed by atoms with E-state index in [-0.39, 0.29) is 0 Å². The van der Waals surface area contributed by atoms with E-state index in [1.807, 2.05) is 23.6 Å². The molecular formula is C26H32N6OS. The van der Waals surface area contributed by atoms with Gasteiger partial charge in [0.15, 0.2) is 11.4 Å². The van der Waals surface area contributed by atoms with Gasteiger partial charge in [-0.05, 0) is 62.8 Å². The minimum absolute atomic E-state index is 0.351. The average molecular weight is 477 g/mol. The van der Waals surface area contributed by atoms with Gasteiger partial charge in [0, 0.05) is 34.8 Å². The van der Waals surface area contributed by atoms with E-state index in [0.717, 1.165) is 34.1 Å². The lowest BCUT2D eigenvalue weighted by molar-refractivity contribution is -0.0618. The summed E-state index contributed by atoms with van der Waals surface area (Å²) < 4.78 is 7.38. The van der Waals surface area contributed by atoms with Crippen LogP contribution in [0.2, 0.25) is 0 Å². The summed E-state index contributed by atoms with van der Waals surface area (Å²) in [5.74, 6) is 2.71. The average Bonchev–Trinajstić information content (AvgIpc) is 3.48. The highest BCUT2D eigenvalue weighted by atomic mass is 32.1. The number of thiazole rings is 1. The normalized spacial score (nSPS) is 28.4. The second-order valence-corrected chi connectivity index (χ2v) is 12.1. The molecule has 2 N–H and O–H groups in total. The first kappa shape index (κ1) is 20.9. The lowest BCUT2D eigenvalue weighted by Crippen LogP contribution is -2.69. The summed E-state index contributed by atoms with van der Waals surface area (Å²) in [5, 5.41) is 9.66. The predicted molar refractivity (Wildman–Crippen MR) is 135 cm³/mol. The molecule has 4 aromatic heterocycles. The Bertz CT molecular complexity index is 1360. The molecule has 4 aromatic rings. The second-order valence-electron chi connectivity index (χ2n) is 11.1. The van der Waals surface area contributed by atoms with Gasteiger partial charge in [-0.25, -0.2) is 14.5 Å². The fourth-order valence-corrected chi connectivity index (χ4v) is 7.78. The van der Waals surface area contributed by atoms with Crippen molar-refractivity contribution in [3.05, 3.63) is 29.2 Å². The largest absolute Gasteiger partial charge is 0.493 e. The Morgan fingerprint density at radius 3 is 2.68 bits per heavy atom. The van der Waals surface area contributed by atoms with Crippen LogP contribution < -0.4 is 10.1 Å². The third kappa shape index (κ3) is 3.14. The Morgan fingerprint density at radius 1 is 1.21 bits per heavy atom. The molecule has 0 unspecified atom stereocenters. The maximum atomic E-state index is 5.60. The number of fused-ring (bicyclic) bond motifs is 2. The van der Waals surface area contributed by atoms with Crippen molar-refractivity contribution in [2.45, 2.75) is 82.2 Å². The van der Waals surface area contributed by atoms with Crippen LogP contribution in [0.5, 0.6) is 5.75 Å². The van der Waals surface area contributed by atoms with E-state index in [1.54, 1.807) is 18.0 Å². The summed E-state index contributed by atoms with van der Waals surface area (Å²) in [5.41, 5.74) is 5.84. The summed E-state index contributed by atoms with van der Waals surface area (Å²) >= 11 is 1.85. The van der Waals surface area contributed by atoms with E-state index in [0.29, 0.717) is 23.4 Å². The molecule has 0 atom stereocenters. The third-order valence-corrected chi connectivity index (χ3v) is 9.59. The van der Waals surface area contributed by atoms with Crippen molar-refractivity contribution in [2.75, 3.05) is 7.11 Å². The summed E-state index contributed by atoms with van der Waals surface area (Å²) in [6.07, 6.45) is 12.9. The number of hydrogen-bond donors (Lipinski definition) is 2. The first-order valence-corrected chi connectivity index (χ1v) is 13.5. The van der Waals surface area contributed by atoms with Gasteiger partial charge < -0.3 is 15.0 Å². The van der Waals surface area contributed by atoms with Crippen LogP contribution in [0.3, 0.4) is 0 Å². The van der Waals surface area contributed by atoms with Gasteiger partial charge in [-0.3, -0.25) is 0 Å². The molecule has 8 heteroatoms. The molecule has 0 spiro atoms. The molecule has 178 valence electrons. The number of aromatic amines is 1. The highest BCUT2D eigenvalue weighted by molar-refractivity contribution is 7.18. The summed E-state index contributed by atoms with van der Waals surface area (Å²) in [7, 11) is 1.68. The molecule has 7 nitrogen and oxygen atoms in total. The molecule has 4 aliphatic carbocycles. The van der Waals surface area contributed by atoms with Crippen molar-refractivity contribution >= 4 is 27.3 Å². The Hall–Kier alpha value is -2.45. The molecule has 0 radical (unpaired) electrons. The highest BCUT2D eigenvalue weighted by Crippen LogP contribution is 2.57. The molecule has 0 saturated heterocycles. The van der Waals surface area contributed by atoms with Crippen molar-refractivity contribution in [3.8, 4) is 17.0 Å². The zero-order chi connectivity index (χ0) is 23.0. The van der Waals surface area contributed by atoms with Gasteiger partial charge in [-0.1, -0.05) is 13.8 Å². The number of nitrogens with zero attached hydrogens (tertiary/aromatic N) is 4. The van der Waals surface area contributed by atoms with Crippen LogP contribution in [-0.4, -0.2) is 43.3 Å². The van der Waals surface area contributed by atoms with Crippen LogP contribution >= 0.6 is 11.3 Å². The number of pyridine rings is 1. The fourth-order valence-electron chi connectivity index (χ4n) is 6.62. The SMILES string of the molecule is COc1cc(-c2[nH]c3sc(C4CCC(NC56CC(C5)C6)CC4)nc3c2C(C)C)cn2ncnc12.